The molecule has 1 rings (SSSR count). The predicted octanol–water partition coefficient (Wildman–Crippen LogP) is 3.39. The molecular formula is C12H14Cl2O3S. The Morgan fingerprint density at radius 1 is 1.28 bits per heavy atom. The molecule has 0 aliphatic rings. The summed E-state index contributed by atoms with van der Waals surface area (Å²) in [7, 11) is -3.41. The molecule has 0 radical (unpaired) electrons. The molecule has 18 heavy (non-hydrogen) atoms. The summed E-state index contributed by atoms with van der Waals surface area (Å²) < 4.78 is 23.6. The molecule has 0 N–H and O–H groups in total. The third-order valence-corrected chi connectivity index (χ3v) is 5.72. The third kappa shape index (κ3) is 3.70. The number of sulfone groups is 1. The van der Waals surface area contributed by atoms with Crippen molar-refractivity contribution in [3.05, 3.63) is 33.8 Å². The van der Waals surface area contributed by atoms with Crippen LogP contribution >= 0.6 is 23.2 Å². The number of halogens is 2. The van der Waals surface area contributed by atoms with E-state index >= 15 is 0 Å². The van der Waals surface area contributed by atoms with Gasteiger partial charge >= 0.3 is 0 Å². The zero-order chi connectivity index (χ0) is 13.9. The normalized spacial score (nSPS) is 13.3. The highest BCUT2D eigenvalue weighted by Crippen LogP contribution is 2.23. The fraction of sp³-hybridized carbons (Fsp3) is 0.417. The number of benzene rings is 1. The molecule has 0 aliphatic heterocycles. The second-order valence-corrected chi connectivity index (χ2v) is 7.31. The smallest absolute Gasteiger partial charge is 0.177 e. The molecule has 1 aromatic carbocycles. The maximum atomic E-state index is 11.9. The molecule has 1 atom stereocenters. The molecule has 0 spiro atoms. The Kier molecular flexibility index (Phi) is 5.20. The monoisotopic (exact) mass is 308 g/mol. The summed E-state index contributed by atoms with van der Waals surface area (Å²) in [6.45, 7) is 3.36. The van der Waals surface area contributed by atoms with E-state index in [0.29, 0.717) is 11.4 Å². The Balaban J connectivity index is 2.93. The highest BCUT2D eigenvalue weighted by atomic mass is 35.5. The summed E-state index contributed by atoms with van der Waals surface area (Å²) in [6.07, 6.45) is 0.483. The third-order valence-electron chi connectivity index (χ3n) is 2.76. The van der Waals surface area contributed by atoms with Gasteiger partial charge in [0.15, 0.2) is 15.6 Å². The molecule has 0 saturated heterocycles. The first-order valence-electron chi connectivity index (χ1n) is 5.47. The molecule has 0 aliphatic carbocycles. The second kappa shape index (κ2) is 6.04. The summed E-state index contributed by atoms with van der Waals surface area (Å²) in [5.41, 5.74) is 0.260. The lowest BCUT2D eigenvalue weighted by Gasteiger charge is -2.10. The van der Waals surface area contributed by atoms with Crippen LogP contribution in [0.5, 0.6) is 0 Å². The van der Waals surface area contributed by atoms with Crippen LogP contribution in [0.4, 0.5) is 0 Å². The zero-order valence-electron chi connectivity index (χ0n) is 10.1. The first-order valence-corrected chi connectivity index (χ1v) is 7.95. The van der Waals surface area contributed by atoms with Crippen molar-refractivity contribution in [1.29, 1.82) is 0 Å². The molecule has 1 unspecified atom stereocenters. The van der Waals surface area contributed by atoms with Crippen LogP contribution in [-0.2, 0) is 9.84 Å². The minimum Gasteiger partial charge on any atom is -0.293 e. The first-order chi connectivity index (χ1) is 8.27. The number of ketones is 1. The van der Waals surface area contributed by atoms with Gasteiger partial charge in [-0.05, 0) is 31.5 Å². The van der Waals surface area contributed by atoms with Crippen molar-refractivity contribution < 1.29 is 13.2 Å². The summed E-state index contributed by atoms with van der Waals surface area (Å²) >= 11 is 11.5. The van der Waals surface area contributed by atoms with E-state index in [2.05, 4.69) is 0 Å². The Labute approximate surface area is 117 Å². The van der Waals surface area contributed by atoms with E-state index in [1.54, 1.807) is 13.8 Å². The standard InChI is InChI=1S/C12H14Cl2O3S/c1-3-8(2)18(16,17)7-12(15)9-4-5-10(13)11(14)6-9/h4-6,8H,3,7H2,1-2H3. The molecule has 1 aromatic rings. The average Bonchev–Trinajstić information content (AvgIpc) is 2.30. The minimum absolute atomic E-state index is 0.239. The van der Waals surface area contributed by atoms with Crippen molar-refractivity contribution in [1.82, 2.24) is 0 Å². The highest BCUT2D eigenvalue weighted by molar-refractivity contribution is 7.92. The fourth-order valence-corrected chi connectivity index (χ4v) is 2.95. The van der Waals surface area contributed by atoms with E-state index in [9.17, 15) is 13.2 Å². The van der Waals surface area contributed by atoms with Crippen molar-refractivity contribution in [2.75, 3.05) is 5.75 Å². The second-order valence-electron chi connectivity index (χ2n) is 4.08. The van der Waals surface area contributed by atoms with E-state index in [1.807, 2.05) is 0 Å². The molecule has 3 nitrogen and oxygen atoms in total. The minimum atomic E-state index is -3.41. The van der Waals surface area contributed by atoms with Crippen molar-refractivity contribution in [3.63, 3.8) is 0 Å². The SMILES string of the molecule is CCC(C)S(=O)(=O)CC(=O)c1ccc(Cl)c(Cl)c1. The van der Waals surface area contributed by atoms with E-state index in [0.717, 1.165) is 0 Å². The predicted molar refractivity (Wildman–Crippen MR) is 74.3 cm³/mol. The van der Waals surface area contributed by atoms with Gasteiger partial charge in [0.1, 0.15) is 5.75 Å². The highest BCUT2D eigenvalue weighted by Gasteiger charge is 2.23. The van der Waals surface area contributed by atoms with Gasteiger partial charge in [-0.3, -0.25) is 4.79 Å². The zero-order valence-corrected chi connectivity index (χ0v) is 12.4. The van der Waals surface area contributed by atoms with Gasteiger partial charge in [0.2, 0.25) is 0 Å². The van der Waals surface area contributed by atoms with Gasteiger partial charge in [0.25, 0.3) is 0 Å². The molecular weight excluding hydrogens is 295 g/mol. The van der Waals surface area contributed by atoms with E-state index in [4.69, 9.17) is 23.2 Å². The van der Waals surface area contributed by atoms with Crippen LogP contribution in [0.15, 0.2) is 18.2 Å². The Hall–Kier alpha value is -0.580. The Morgan fingerprint density at radius 3 is 2.39 bits per heavy atom. The average molecular weight is 309 g/mol. The molecule has 0 saturated carbocycles. The molecule has 0 bridgehead atoms. The van der Waals surface area contributed by atoms with Gasteiger partial charge < -0.3 is 0 Å². The largest absolute Gasteiger partial charge is 0.293 e. The van der Waals surface area contributed by atoms with Gasteiger partial charge in [0, 0.05) is 5.56 Å². The van der Waals surface area contributed by atoms with E-state index < -0.39 is 26.6 Å². The quantitative estimate of drug-likeness (QED) is 0.783. The van der Waals surface area contributed by atoms with Crippen molar-refractivity contribution >= 4 is 38.8 Å². The van der Waals surface area contributed by atoms with Gasteiger partial charge in [-0.2, -0.15) is 0 Å². The maximum Gasteiger partial charge on any atom is 0.177 e. The summed E-state index contributed by atoms with van der Waals surface area (Å²) in [5.74, 6) is -0.964. The maximum absolute atomic E-state index is 11.9. The van der Waals surface area contributed by atoms with Crippen LogP contribution in [-0.4, -0.2) is 25.2 Å². The van der Waals surface area contributed by atoms with Crippen LogP contribution in [0.3, 0.4) is 0 Å². The topological polar surface area (TPSA) is 51.2 Å². The molecule has 6 heteroatoms. The van der Waals surface area contributed by atoms with Crippen LogP contribution in [0, 0.1) is 0 Å². The Bertz CT molecular complexity index is 552. The summed E-state index contributed by atoms with van der Waals surface area (Å²) in [4.78, 5) is 11.9. The molecule has 0 amide bonds. The van der Waals surface area contributed by atoms with Gasteiger partial charge in [-0.1, -0.05) is 30.1 Å². The Morgan fingerprint density at radius 2 is 1.89 bits per heavy atom. The number of carbonyl (C=O) groups excluding carboxylic acids is 1. The van der Waals surface area contributed by atoms with Gasteiger partial charge in [0.05, 0.1) is 15.3 Å². The van der Waals surface area contributed by atoms with Crippen LogP contribution in [0.25, 0.3) is 0 Å². The van der Waals surface area contributed by atoms with E-state index in [-0.39, 0.29) is 10.6 Å². The van der Waals surface area contributed by atoms with Crippen molar-refractivity contribution in [3.8, 4) is 0 Å². The number of hydrogen-bond donors (Lipinski definition) is 0. The molecule has 100 valence electrons. The van der Waals surface area contributed by atoms with Crippen molar-refractivity contribution in [2.24, 2.45) is 0 Å². The number of Topliss-reactive ketones (excluding diaryl/α,β-unsaturated/α-hetero) is 1. The summed E-state index contributed by atoms with van der Waals surface area (Å²) in [6, 6.07) is 4.34. The van der Waals surface area contributed by atoms with Crippen LogP contribution < -0.4 is 0 Å². The van der Waals surface area contributed by atoms with Crippen LogP contribution in [0.1, 0.15) is 30.6 Å². The molecule has 0 heterocycles. The molecule has 0 aromatic heterocycles. The number of carbonyl (C=O) groups is 1. The van der Waals surface area contributed by atoms with Gasteiger partial charge in [-0.15, -0.1) is 0 Å². The molecule has 0 fully saturated rings. The first kappa shape index (κ1) is 15.5. The lowest BCUT2D eigenvalue weighted by molar-refractivity contribution is 0.102. The fourth-order valence-electron chi connectivity index (χ4n) is 1.33. The number of rotatable bonds is 5. The van der Waals surface area contributed by atoms with Crippen LogP contribution in [0.2, 0.25) is 10.0 Å². The van der Waals surface area contributed by atoms with E-state index in [1.165, 1.54) is 18.2 Å². The lowest BCUT2D eigenvalue weighted by Crippen LogP contribution is -2.25. The number of hydrogen-bond acceptors (Lipinski definition) is 3. The van der Waals surface area contributed by atoms with Gasteiger partial charge in [-0.25, -0.2) is 8.42 Å². The summed E-state index contributed by atoms with van der Waals surface area (Å²) in [5, 5.41) is 0.0469. The van der Waals surface area contributed by atoms with Crippen molar-refractivity contribution in [2.45, 2.75) is 25.5 Å². The lowest BCUT2D eigenvalue weighted by atomic mass is 10.1.